The van der Waals surface area contributed by atoms with Crippen molar-refractivity contribution in [1.82, 2.24) is 0 Å². The minimum Gasteiger partial charge on any atom is -0.747 e. The van der Waals surface area contributed by atoms with Crippen molar-refractivity contribution in [3.05, 3.63) is 0 Å². The number of carbonyl (C=O) groups excluding carboxylic acids is 2. The van der Waals surface area contributed by atoms with Gasteiger partial charge in [0.15, 0.2) is 0 Å². The summed E-state index contributed by atoms with van der Waals surface area (Å²) in [5.41, 5.74) is 0. The van der Waals surface area contributed by atoms with E-state index in [2.05, 4.69) is 6.92 Å². The molecule has 0 aromatic rings. The van der Waals surface area contributed by atoms with Crippen molar-refractivity contribution in [2.45, 2.75) is 82.8 Å². The van der Waals surface area contributed by atoms with Gasteiger partial charge in [-0.25, -0.2) is 8.42 Å². The first-order valence-electron chi connectivity index (χ1n) is 8.59. The predicted octanol–water partition coefficient (Wildman–Crippen LogP) is -9.21. The third-order valence-corrected chi connectivity index (χ3v) is 4.51. The number of aliphatic carboxylic acids is 3. The molecule has 0 aromatic heterocycles. The van der Waals surface area contributed by atoms with Crippen molar-refractivity contribution in [2.24, 2.45) is 0 Å². The Morgan fingerprint density at radius 1 is 0.828 bits per heavy atom. The summed E-state index contributed by atoms with van der Waals surface area (Å²) < 4.78 is 30.1. The van der Waals surface area contributed by atoms with Gasteiger partial charge in [0.2, 0.25) is 0 Å². The predicted molar refractivity (Wildman–Crippen MR) is 87.6 cm³/mol. The van der Waals surface area contributed by atoms with Gasteiger partial charge in [-0.1, -0.05) is 58.3 Å². The average Bonchev–Trinajstić information content (AvgIpc) is 2.50. The monoisotopic (exact) mass is 464 g/mol. The van der Waals surface area contributed by atoms with E-state index >= 15 is 0 Å². The molecule has 0 saturated carbocycles. The number of rotatable bonds is 14. The van der Waals surface area contributed by atoms with Gasteiger partial charge >= 0.3 is 94.6 Å². The Morgan fingerprint density at radius 3 is 1.45 bits per heavy atom. The third kappa shape index (κ3) is 31.6. The van der Waals surface area contributed by atoms with E-state index in [4.69, 9.17) is 5.11 Å². The number of unbranched alkanes of at least 4 members (excludes halogenated alkanes) is 8. The maximum Gasteiger partial charge on any atom is 1.00 e. The number of hydrogen-bond acceptors (Lipinski definition) is 8. The SMILES string of the molecule is CCCCCCCCCCCC(=O)O.O=C([O-])CC(C(=O)[O-])S(=O)(=O)[O-].[Na+].[Na+].[Na+]. The van der Waals surface area contributed by atoms with Gasteiger partial charge in [0.25, 0.3) is 0 Å². The third-order valence-electron chi connectivity index (χ3n) is 3.46. The van der Waals surface area contributed by atoms with Crippen molar-refractivity contribution >= 4 is 28.0 Å². The maximum absolute atomic E-state index is 10.2. The van der Waals surface area contributed by atoms with Crippen molar-refractivity contribution in [2.75, 3.05) is 0 Å². The van der Waals surface area contributed by atoms with Crippen LogP contribution in [0.4, 0.5) is 0 Å². The fourth-order valence-electron chi connectivity index (χ4n) is 2.04. The molecule has 1 atom stereocenters. The zero-order valence-corrected chi connectivity index (χ0v) is 24.8. The molecule has 0 radical (unpaired) electrons. The molecular weight excluding hydrogens is 437 g/mol. The van der Waals surface area contributed by atoms with Gasteiger partial charge in [-0.3, -0.25) is 4.79 Å². The summed E-state index contributed by atoms with van der Waals surface area (Å²) in [6, 6.07) is 0. The normalized spacial score (nSPS) is 10.7. The second kappa shape index (κ2) is 25.6. The van der Waals surface area contributed by atoms with Gasteiger partial charge in [0.05, 0.1) is 11.2 Å². The molecule has 0 fully saturated rings. The fourth-order valence-corrected chi connectivity index (χ4v) is 2.62. The molecule has 13 heteroatoms. The zero-order chi connectivity index (χ0) is 20.6. The molecule has 154 valence electrons. The number of carboxylic acids is 3. The smallest absolute Gasteiger partial charge is 0.747 e. The van der Waals surface area contributed by atoms with Crippen LogP contribution in [0.3, 0.4) is 0 Å². The van der Waals surface area contributed by atoms with E-state index in [-0.39, 0.29) is 88.7 Å². The first-order chi connectivity index (χ1) is 12.0. The molecule has 9 nitrogen and oxygen atoms in total. The van der Waals surface area contributed by atoms with Crippen LogP contribution in [0, 0.1) is 0 Å². The molecule has 0 amide bonds. The van der Waals surface area contributed by atoms with E-state index in [1.54, 1.807) is 0 Å². The molecule has 0 aliphatic heterocycles. The van der Waals surface area contributed by atoms with E-state index in [1.807, 2.05) is 0 Å². The molecule has 0 saturated heterocycles. The van der Waals surface area contributed by atoms with Crippen LogP contribution >= 0.6 is 0 Å². The molecule has 0 aromatic carbocycles. The summed E-state index contributed by atoms with van der Waals surface area (Å²) in [6.45, 7) is 2.23. The van der Waals surface area contributed by atoms with Crippen LogP contribution in [0.5, 0.6) is 0 Å². The first kappa shape index (κ1) is 40.7. The van der Waals surface area contributed by atoms with E-state index in [0.717, 1.165) is 12.8 Å². The topological polar surface area (TPSA) is 175 Å². The zero-order valence-electron chi connectivity index (χ0n) is 18.0. The van der Waals surface area contributed by atoms with Crippen LogP contribution in [0.1, 0.15) is 77.6 Å². The van der Waals surface area contributed by atoms with Crippen LogP contribution in [0.2, 0.25) is 0 Å². The minimum atomic E-state index is -5.19. The van der Waals surface area contributed by atoms with Gasteiger partial charge in [0, 0.05) is 18.8 Å². The van der Waals surface area contributed by atoms with Gasteiger partial charge in [-0.2, -0.15) is 0 Å². The number of carboxylic acid groups (broad SMARTS) is 3. The molecule has 0 bridgehead atoms. The summed E-state index contributed by atoms with van der Waals surface area (Å²) in [6.07, 6.45) is 10.1. The van der Waals surface area contributed by atoms with Gasteiger partial charge in [-0.05, 0) is 6.42 Å². The molecule has 0 rings (SSSR count). The summed E-state index contributed by atoms with van der Waals surface area (Å²) >= 11 is 0. The quantitative estimate of drug-likeness (QED) is 0.149. The standard InChI is InChI=1S/C12H24O2.C4H6O7S.3Na/c1-2-3-4-5-6-7-8-9-10-11-12(13)14;5-3(6)1-2(4(7)8)12(9,10)11;;;/h2-11H2,1H3,(H,13,14);2H,1H2,(H,5,6)(H,7,8)(H,9,10,11);;;/q;;3*+1/p-3. The van der Waals surface area contributed by atoms with Crippen molar-refractivity contribution in [3.63, 3.8) is 0 Å². The van der Waals surface area contributed by atoms with Gasteiger partial charge in [0.1, 0.15) is 10.1 Å². The van der Waals surface area contributed by atoms with Crippen LogP contribution in [-0.2, 0) is 24.5 Å². The summed E-state index contributed by atoms with van der Waals surface area (Å²) in [4.78, 5) is 29.9. The largest absolute Gasteiger partial charge is 1.00 e. The molecule has 0 spiro atoms. The minimum absolute atomic E-state index is 0. The van der Waals surface area contributed by atoms with Crippen LogP contribution in [0.25, 0.3) is 0 Å². The maximum atomic E-state index is 10.2. The molecule has 0 aliphatic rings. The van der Waals surface area contributed by atoms with Gasteiger partial charge < -0.3 is 29.5 Å². The summed E-state index contributed by atoms with van der Waals surface area (Å²) in [5, 5.41) is 25.5. The Bertz CT molecular complexity index is 528. The number of carbonyl (C=O) groups is 3. The Hall–Kier alpha value is 1.32. The summed E-state index contributed by atoms with van der Waals surface area (Å²) in [7, 11) is -5.19. The van der Waals surface area contributed by atoms with E-state index in [1.165, 1.54) is 44.9 Å². The van der Waals surface area contributed by atoms with Crippen LogP contribution < -0.4 is 98.9 Å². The number of hydrogen-bond donors (Lipinski definition) is 1. The fraction of sp³-hybridized carbons (Fsp3) is 0.812. The molecule has 0 aliphatic carbocycles. The van der Waals surface area contributed by atoms with Crippen molar-refractivity contribution < 1.29 is 131 Å². The molecule has 29 heavy (non-hydrogen) atoms. The van der Waals surface area contributed by atoms with Crippen LogP contribution in [0.15, 0.2) is 0 Å². The summed E-state index contributed by atoms with van der Waals surface area (Å²) in [5.74, 6) is -4.84. The van der Waals surface area contributed by atoms with E-state index < -0.39 is 39.7 Å². The average molecular weight is 464 g/mol. The Morgan fingerprint density at radius 2 is 1.21 bits per heavy atom. The van der Waals surface area contributed by atoms with E-state index in [0.29, 0.717) is 6.42 Å². The van der Waals surface area contributed by atoms with Gasteiger partial charge in [-0.15, -0.1) is 0 Å². The van der Waals surface area contributed by atoms with Crippen molar-refractivity contribution in [3.8, 4) is 0 Å². The Labute approximate surface area is 239 Å². The molecule has 0 heterocycles. The Kier molecular flexibility index (Phi) is 35.9. The van der Waals surface area contributed by atoms with Crippen molar-refractivity contribution in [1.29, 1.82) is 0 Å². The van der Waals surface area contributed by atoms with E-state index in [9.17, 15) is 37.6 Å². The molecule has 1 unspecified atom stereocenters. The second-order valence-corrected chi connectivity index (χ2v) is 7.40. The van der Waals surface area contributed by atoms with Crippen LogP contribution in [-0.4, -0.2) is 41.2 Å². The molecule has 1 N–H and O–H groups in total. The molecular formula is C16H27Na3O9S. The first-order valence-corrected chi connectivity index (χ1v) is 10.1. The Balaban J connectivity index is -0.000000121. The second-order valence-electron chi connectivity index (χ2n) is 5.85.